The topological polar surface area (TPSA) is 78.6 Å². The van der Waals surface area contributed by atoms with E-state index in [1.165, 1.54) is 4.88 Å². The van der Waals surface area contributed by atoms with Gasteiger partial charge in [-0.2, -0.15) is 0 Å². The summed E-state index contributed by atoms with van der Waals surface area (Å²) in [7, 11) is 0. The highest BCUT2D eigenvalue weighted by Crippen LogP contribution is 2.49. The highest BCUT2D eigenvalue weighted by atomic mass is 32.1. The van der Waals surface area contributed by atoms with E-state index >= 15 is 0 Å². The quantitative estimate of drug-likeness (QED) is 0.810. The second-order valence-electron chi connectivity index (χ2n) is 7.47. The first kappa shape index (κ1) is 18.7. The first-order chi connectivity index (χ1) is 12.3. The van der Waals surface area contributed by atoms with E-state index in [0.717, 1.165) is 11.3 Å². The molecule has 0 saturated carbocycles. The standard InChI is InChI=1S/C20H25NO4S/c1-5-11-7-8-14(26-11)16-15-12(22)9-20(3,4)10-13(15)25-18(21)17(16)19(23)24-6-2/h7-8,16H,5-6,9-10,21H2,1-4H3/t16-/m0/s1. The predicted octanol–water partition coefficient (Wildman–Crippen LogP) is 3.80. The van der Waals surface area contributed by atoms with E-state index in [2.05, 4.69) is 6.92 Å². The van der Waals surface area contributed by atoms with Crippen molar-refractivity contribution in [3.8, 4) is 0 Å². The van der Waals surface area contributed by atoms with Gasteiger partial charge in [0.05, 0.1) is 12.5 Å². The maximum atomic E-state index is 13.0. The lowest BCUT2D eigenvalue weighted by Crippen LogP contribution is -2.35. The Balaban J connectivity index is 2.15. The van der Waals surface area contributed by atoms with E-state index in [0.29, 0.717) is 24.2 Å². The molecule has 26 heavy (non-hydrogen) atoms. The molecule has 2 heterocycles. The van der Waals surface area contributed by atoms with Gasteiger partial charge >= 0.3 is 5.97 Å². The third-order valence-corrected chi connectivity index (χ3v) is 6.06. The molecule has 140 valence electrons. The largest absolute Gasteiger partial charge is 0.462 e. The van der Waals surface area contributed by atoms with Gasteiger partial charge in [0, 0.05) is 28.2 Å². The van der Waals surface area contributed by atoms with Gasteiger partial charge in [0.15, 0.2) is 5.78 Å². The van der Waals surface area contributed by atoms with Crippen LogP contribution < -0.4 is 5.73 Å². The molecule has 0 bridgehead atoms. The number of carbonyl (C=O) groups excluding carboxylic acids is 2. The Labute approximate surface area is 157 Å². The first-order valence-corrected chi connectivity index (χ1v) is 9.78. The SMILES string of the molecule is CCOC(=O)C1=C(N)OC2=C(C(=O)CC(C)(C)C2)[C@@H]1c1ccc(CC)s1. The number of allylic oxidation sites excluding steroid dienone is 2. The normalized spacial score (nSPS) is 22.2. The Hall–Kier alpha value is -2.08. The highest BCUT2D eigenvalue weighted by molar-refractivity contribution is 7.12. The predicted molar refractivity (Wildman–Crippen MR) is 100 cm³/mol. The second kappa shape index (κ2) is 6.91. The van der Waals surface area contributed by atoms with Crippen LogP contribution in [0.5, 0.6) is 0 Å². The molecular formula is C20H25NO4S. The summed E-state index contributed by atoms with van der Waals surface area (Å²) < 4.78 is 11.0. The Kier molecular flexibility index (Phi) is 4.97. The minimum atomic E-state index is -0.523. The van der Waals surface area contributed by atoms with Crippen LogP contribution in [0.1, 0.15) is 56.2 Å². The molecule has 1 aromatic rings. The molecule has 6 heteroatoms. The Morgan fingerprint density at radius 1 is 1.35 bits per heavy atom. The van der Waals surface area contributed by atoms with Crippen molar-refractivity contribution < 1.29 is 19.1 Å². The van der Waals surface area contributed by atoms with Gasteiger partial charge in [0.25, 0.3) is 0 Å². The van der Waals surface area contributed by atoms with Crippen molar-refractivity contribution in [2.45, 2.75) is 52.9 Å². The fraction of sp³-hybridized carbons (Fsp3) is 0.500. The number of hydrogen-bond acceptors (Lipinski definition) is 6. The fourth-order valence-corrected chi connectivity index (χ4v) is 4.69. The number of Topliss-reactive ketones (excluding diaryl/α,β-unsaturated/α-hetero) is 1. The summed E-state index contributed by atoms with van der Waals surface area (Å²) in [6, 6.07) is 4.01. The third kappa shape index (κ3) is 3.30. The lowest BCUT2D eigenvalue weighted by atomic mass is 9.71. The number of rotatable bonds is 4. The number of aryl methyl sites for hydroxylation is 1. The van der Waals surface area contributed by atoms with Crippen LogP contribution in [0.3, 0.4) is 0 Å². The zero-order valence-corrected chi connectivity index (χ0v) is 16.5. The summed E-state index contributed by atoms with van der Waals surface area (Å²) in [6.45, 7) is 8.13. The highest BCUT2D eigenvalue weighted by Gasteiger charge is 2.45. The number of ketones is 1. The molecule has 0 saturated heterocycles. The lowest BCUT2D eigenvalue weighted by Gasteiger charge is -2.37. The van der Waals surface area contributed by atoms with Crippen LogP contribution in [0.2, 0.25) is 0 Å². The molecule has 0 aromatic carbocycles. The van der Waals surface area contributed by atoms with Gasteiger partial charge < -0.3 is 15.2 Å². The van der Waals surface area contributed by atoms with Crippen molar-refractivity contribution >= 4 is 23.1 Å². The average Bonchev–Trinajstić information content (AvgIpc) is 3.01. The van der Waals surface area contributed by atoms with E-state index in [1.807, 2.05) is 26.0 Å². The fourth-order valence-electron chi connectivity index (χ4n) is 3.62. The molecule has 0 unspecified atom stereocenters. The van der Waals surface area contributed by atoms with Gasteiger partial charge in [-0.25, -0.2) is 4.79 Å². The molecule has 1 aliphatic carbocycles. The molecule has 2 aliphatic rings. The van der Waals surface area contributed by atoms with Crippen LogP contribution in [-0.2, 0) is 25.5 Å². The van der Waals surface area contributed by atoms with Crippen LogP contribution in [0.15, 0.2) is 34.9 Å². The van der Waals surface area contributed by atoms with Gasteiger partial charge in [-0.05, 0) is 30.9 Å². The average molecular weight is 375 g/mol. The van der Waals surface area contributed by atoms with Crippen molar-refractivity contribution in [2.75, 3.05) is 6.61 Å². The van der Waals surface area contributed by atoms with Crippen molar-refractivity contribution in [3.05, 3.63) is 44.7 Å². The number of nitrogens with two attached hydrogens (primary N) is 1. The monoisotopic (exact) mass is 375 g/mol. The molecule has 1 aliphatic heterocycles. The molecule has 0 amide bonds. The number of ether oxygens (including phenoxy) is 2. The third-order valence-electron chi connectivity index (χ3n) is 4.77. The van der Waals surface area contributed by atoms with Crippen molar-refractivity contribution in [2.24, 2.45) is 11.1 Å². The molecule has 2 N–H and O–H groups in total. The molecule has 1 aromatic heterocycles. The van der Waals surface area contributed by atoms with E-state index in [4.69, 9.17) is 15.2 Å². The van der Waals surface area contributed by atoms with Gasteiger partial charge in [0.2, 0.25) is 5.88 Å². The summed E-state index contributed by atoms with van der Waals surface area (Å²) in [5.74, 6) is -0.378. The zero-order chi connectivity index (χ0) is 19.1. The van der Waals surface area contributed by atoms with Crippen LogP contribution in [0.25, 0.3) is 0 Å². The smallest absolute Gasteiger partial charge is 0.340 e. The molecule has 0 radical (unpaired) electrons. The number of thiophene rings is 1. The molecular weight excluding hydrogens is 350 g/mol. The Morgan fingerprint density at radius 3 is 2.69 bits per heavy atom. The zero-order valence-electron chi connectivity index (χ0n) is 15.7. The van der Waals surface area contributed by atoms with Crippen molar-refractivity contribution in [1.82, 2.24) is 0 Å². The number of hydrogen-bond donors (Lipinski definition) is 1. The van der Waals surface area contributed by atoms with Crippen LogP contribution >= 0.6 is 11.3 Å². The van der Waals surface area contributed by atoms with Gasteiger partial charge in [-0.1, -0.05) is 20.8 Å². The van der Waals surface area contributed by atoms with E-state index < -0.39 is 11.9 Å². The summed E-state index contributed by atoms with van der Waals surface area (Å²) in [4.78, 5) is 27.7. The van der Waals surface area contributed by atoms with Crippen LogP contribution in [0.4, 0.5) is 0 Å². The summed E-state index contributed by atoms with van der Waals surface area (Å²) in [6.07, 6.45) is 1.94. The number of carbonyl (C=O) groups is 2. The second-order valence-corrected chi connectivity index (χ2v) is 8.67. The van der Waals surface area contributed by atoms with E-state index in [-0.39, 0.29) is 29.3 Å². The molecule has 0 spiro atoms. The first-order valence-electron chi connectivity index (χ1n) is 8.96. The summed E-state index contributed by atoms with van der Waals surface area (Å²) in [5.41, 5.74) is 6.75. The summed E-state index contributed by atoms with van der Waals surface area (Å²) >= 11 is 1.60. The van der Waals surface area contributed by atoms with Crippen LogP contribution in [-0.4, -0.2) is 18.4 Å². The Bertz CT molecular complexity index is 816. The van der Waals surface area contributed by atoms with Gasteiger partial charge in [-0.3, -0.25) is 4.79 Å². The van der Waals surface area contributed by atoms with Gasteiger partial charge in [0.1, 0.15) is 11.3 Å². The van der Waals surface area contributed by atoms with E-state index in [1.54, 1.807) is 18.3 Å². The Morgan fingerprint density at radius 2 is 2.08 bits per heavy atom. The maximum absolute atomic E-state index is 13.0. The number of esters is 1. The molecule has 5 nitrogen and oxygen atoms in total. The summed E-state index contributed by atoms with van der Waals surface area (Å²) in [5, 5.41) is 0. The lowest BCUT2D eigenvalue weighted by molar-refractivity contribution is -0.139. The maximum Gasteiger partial charge on any atom is 0.340 e. The molecule has 1 atom stereocenters. The molecule has 0 fully saturated rings. The van der Waals surface area contributed by atoms with Gasteiger partial charge in [-0.15, -0.1) is 11.3 Å². The minimum Gasteiger partial charge on any atom is -0.462 e. The van der Waals surface area contributed by atoms with Crippen LogP contribution in [0, 0.1) is 5.41 Å². The minimum absolute atomic E-state index is 0.0157. The van der Waals surface area contributed by atoms with Crippen molar-refractivity contribution in [1.29, 1.82) is 0 Å². The molecule has 3 rings (SSSR count). The van der Waals surface area contributed by atoms with Crippen molar-refractivity contribution in [3.63, 3.8) is 0 Å². The van der Waals surface area contributed by atoms with E-state index in [9.17, 15) is 9.59 Å².